The van der Waals surface area contributed by atoms with Gasteiger partial charge in [0.1, 0.15) is 5.82 Å². The van der Waals surface area contributed by atoms with Gasteiger partial charge < -0.3 is 10.3 Å². The number of Topliss-reactive ketones (excluding diaryl/α,β-unsaturated/α-hetero) is 1. The normalized spacial score (nSPS) is 15.3. The Bertz CT molecular complexity index is 813. The maximum atomic E-state index is 14.0. The molecule has 7 heteroatoms. The molecule has 0 aliphatic carbocycles. The Hall–Kier alpha value is -2.05. The van der Waals surface area contributed by atoms with Crippen molar-refractivity contribution in [2.75, 3.05) is 13.1 Å². The van der Waals surface area contributed by atoms with E-state index >= 15 is 0 Å². The van der Waals surface area contributed by atoms with Crippen molar-refractivity contribution >= 4 is 23.2 Å². The van der Waals surface area contributed by atoms with E-state index in [4.69, 9.17) is 11.6 Å². The van der Waals surface area contributed by atoms with Crippen LogP contribution in [0.5, 0.6) is 0 Å². The average molecular weight is 367 g/mol. The Kier molecular flexibility index (Phi) is 5.30. The highest BCUT2D eigenvalue weighted by molar-refractivity contribution is 6.31. The summed E-state index contributed by atoms with van der Waals surface area (Å²) in [6.45, 7) is 1.78. The Balaban J connectivity index is 1.78. The second kappa shape index (κ2) is 7.45. The smallest absolute Gasteiger partial charge is 0.200 e. The third-order valence-electron chi connectivity index (χ3n) is 4.45. The van der Waals surface area contributed by atoms with Gasteiger partial charge in [0.25, 0.3) is 0 Å². The lowest BCUT2D eigenvalue weighted by atomic mass is 9.92. The van der Waals surface area contributed by atoms with E-state index in [9.17, 15) is 18.4 Å². The van der Waals surface area contributed by atoms with E-state index in [0.717, 1.165) is 38.1 Å². The van der Waals surface area contributed by atoms with E-state index in [1.54, 1.807) is 0 Å². The molecular weight excluding hydrogens is 350 g/mol. The van der Waals surface area contributed by atoms with Gasteiger partial charge in [-0.3, -0.25) is 9.59 Å². The van der Waals surface area contributed by atoms with Crippen molar-refractivity contribution in [2.24, 2.45) is 5.92 Å². The molecule has 4 nitrogen and oxygen atoms in total. The van der Waals surface area contributed by atoms with Gasteiger partial charge in [0.05, 0.1) is 16.3 Å². The van der Waals surface area contributed by atoms with E-state index in [1.807, 2.05) is 0 Å². The molecule has 0 unspecified atom stereocenters. The lowest BCUT2D eigenvalue weighted by Crippen LogP contribution is -2.28. The summed E-state index contributed by atoms with van der Waals surface area (Å²) < 4.78 is 27.8. The van der Waals surface area contributed by atoms with Crippen molar-refractivity contribution in [3.05, 3.63) is 57.9 Å². The topological polar surface area (TPSA) is 62.0 Å². The molecule has 0 atom stereocenters. The van der Waals surface area contributed by atoms with Gasteiger partial charge in [0.15, 0.2) is 11.6 Å². The molecule has 2 heterocycles. The number of carbonyl (C=O) groups excluding carboxylic acids is 2. The zero-order chi connectivity index (χ0) is 18.0. The third kappa shape index (κ3) is 3.80. The number of aromatic nitrogens is 1. The number of ketones is 2. The quantitative estimate of drug-likeness (QED) is 0.625. The maximum Gasteiger partial charge on any atom is 0.200 e. The molecule has 1 aromatic heterocycles. The summed E-state index contributed by atoms with van der Waals surface area (Å²) in [5.74, 6) is -2.75. The minimum atomic E-state index is -1.10. The Morgan fingerprint density at radius 2 is 1.92 bits per heavy atom. The van der Waals surface area contributed by atoms with Gasteiger partial charge in [-0.05, 0) is 50.0 Å². The lowest BCUT2D eigenvalue weighted by molar-refractivity contribution is 0.0948. The minimum absolute atomic E-state index is 0.0220. The number of hydrogen-bond acceptors (Lipinski definition) is 3. The monoisotopic (exact) mass is 366 g/mol. The zero-order valence-corrected chi connectivity index (χ0v) is 14.1. The van der Waals surface area contributed by atoms with Crippen LogP contribution in [0, 0.1) is 17.6 Å². The number of benzene rings is 1. The molecule has 0 spiro atoms. The largest absolute Gasteiger partial charge is 0.358 e. The van der Waals surface area contributed by atoms with Gasteiger partial charge in [-0.1, -0.05) is 11.6 Å². The number of carbonyl (C=O) groups is 2. The molecule has 0 saturated carbocycles. The van der Waals surface area contributed by atoms with Gasteiger partial charge in [-0.25, -0.2) is 8.78 Å². The first-order valence-electron chi connectivity index (χ1n) is 8.08. The molecular formula is C18H17ClF2N2O2. The van der Waals surface area contributed by atoms with E-state index in [2.05, 4.69) is 10.3 Å². The molecule has 1 aliphatic heterocycles. The standard InChI is InChI=1S/C18H17ClF2N2O2/c19-12-1-2-13(20)16(17(12)21)18(25)11-8-14(23-9-11)15(24)7-10-3-5-22-6-4-10/h1-2,8-10,22-23H,3-7H2. The molecule has 2 aromatic rings. The van der Waals surface area contributed by atoms with Crippen molar-refractivity contribution in [2.45, 2.75) is 19.3 Å². The number of piperidine rings is 1. The van der Waals surface area contributed by atoms with Crippen molar-refractivity contribution in [1.82, 2.24) is 10.3 Å². The van der Waals surface area contributed by atoms with Gasteiger partial charge in [-0.2, -0.15) is 0 Å². The summed E-state index contributed by atoms with van der Waals surface area (Å²) in [6.07, 6.45) is 3.53. The first-order valence-corrected chi connectivity index (χ1v) is 8.45. The highest BCUT2D eigenvalue weighted by Crippen LogP contribution is 2.25. The number of nitrogens with one attached hydrogen (secondary N) is 2. The second-order valence-corrected chi connectivity index (χ2v) is 6.58. The molecule has 1 aliphatic rings. The fourth-order valence-corrected chi connectivity index (χ4v) is 3.18. The molecule has 1 fully saturated rings. The van der Waals surface area contributed by atoms with E-state index < -0.39 is 23.0 Å². The second-order valence-electron chi connectivity index (χ2n) is 6.17. The minimum Gasteiger partial charge on any atom is -0.358 e. The molecule has 0 bridgehead atoms. The molecule has 25 heavy (non-hydrogen) atoms. The van der Waals surface area contributed by atoms with Crippen LogP contribution in [-0.4, -0.2) is 29.6 Å². The molecule has 0 amide bonds. The number of aromatic amines is 1. The molecule has 3 rings (SSSR count). The fourth-order valence-electron chi connectivity index (χ4n) is 3.02. The molecule has 1 saturated heterocycles. The maximum absolute atomic E-state index is 14.0. The van der Waals surface area contributed by atoms with Gasteiger partial charge in [0, 0.05) is 18.2 Å². The first-order chi connectivity index (χ1) is 12.0. The Morgan fingerprint density at radius 3 is 2.64 bits per heavy atom. The third-order valence-corrected chi connectivity index (χ3v) is 4.74. The van der Waals surface area contributed by atoms with Crippen molar-refractivity contribution < 1.29 is 18.4 Å². The van der Waals surface area contributed by atoms with Crippen molar-refractivity contribution in [3.8, 4) is 0 Å². The fraction of sp³-hybridized carbons (Fsp3) is 0.333. The van der Waals surface area contributed by atoms with Crippen LogP contribution >= 0.6 is 11.6 Å². The van der Waals surface area contributed by atoms with Crippen molar-refractivity contribution in [1.29, 1.82) is 0 Å². The summed E-state index contributed by atoms with van der Waals surface area (Å²) in [7, 11) is 0. The number of H-pyrrole nitrogens is 1. The molecule has 1 aromatic carbocycles. The van der Waals surface area contributed by atoms with E-state index in [-0.39, 0.29) is 22.1 Å². The highest BCUT2D eigenvalue weighted by atomic mass is 35.5. The van der Waals surface area contributed by atoms with Crippen LogP contribution in [0.2, 0.25) is 5.02 Å². The van der Waals surface area contributed by atoms with Gasteiger partial charge in [-0.15, -0.1) is 0 Å². The lowest BCUT2D eigenvalue weighted by Gasteiger charge is -2.21. The van der Waals surface area contributed by atoms with Crippen LogP contribution in [0.15, 0.2) is 24.4 Å². The number of hydrogen-bond donors (Lipinski definition) is 2. The molecule has 0 radical (unpaired) electrons. The summed E-state index contributed by atoms with van der Waals surface area (Å²) >= 11 is 5.62. The summed E-state index contributed by atoms with van der Waals surface area (Å²) in [4.78, 5) is 27.5. The Morgan fingerprint density at radius 1 is 1.20 bits per heavy atom. The summed E-state index contributed by atoms with van der Waals surface area (Å²) in [5.41, 5.74) is -0.428. The van der Waals surface area contributed by atoms with Gasteiger partial charge in [0.2, 0.25) is 5.78 Å². The van der Waals surface area contributed by atoms with Crippen LogP contribution in [0.25, 0.3) is 0 Å². The van der Waals surface area contributed by atoms with Crippen LogP contribution in [0.4, 0.5) is 8.78 Å². The van der Waals surface area contributed by atoms with Crippen LogP contribution in [0.3, 0.4) is 0 Å². The van der Waals surface area contributed by atoms with Gasteiger partial charge >= 0.3 is 0 Å². The Labute approximate surface area is 148 Å². The first kappa shape index (κ1) is 17.8. The average Bonchev–Trinajstić information content (AvgIpc) is 3.09. The predicted octanol–water partition coefficient (Wildman–Crippen LogP) is 3.75. The van der Waals surface area contributed by atoms with E-state index in [0.29, 0.717) is 12.3 Å². The van der Waals surface area contributed by atoms with E-state index in [1.165, 1.54) is 12.3 Å². The SMILES string of the molecule is O=C(CC1CCNCC1)c1cc(C(=O)c2c(F)ccc(Cl)c2F)c[nH]1. The van der Waals surface area contributed by atoms with Crippen LogP contribution in [-0.2, 0) is 0 Å². The molecule has 2 N–H and O–H groups in total. The van der Waals surface area contributed by atoms with Crippen LogP contribution < -0.4 is 5.32 Å². The highest BCUT2D eigenvalue weighted by Gasteiger charge is 2.24. The summed E-state index contributed by atoms with van der Waals surface area (Å²) in [6, 6.07) is 3.33. The predicted molar refractivity (Wildman–Crippen MR) is 90.1 cm³/mol. The van der Waals surface area contributed by atoms with Crippen LogP contribution in [0.1, 0.15) is 45.7 Å². The van der Waals surface area contributed by atoms with Crippen molar-refractivity contribution in [3.63, 3.8) is 0 Å². The number of halogens is 3. The molecule has 132 valence electrons. The summed E-state index contributed by atoms with van der Waals surface area (Å²) in [5, 5.41) is 2.90. The number of rotatable bonds is 5. The zero-order valence-electron chi connectivity index (χ0n) is 13.4.